The Hall–Kier alpha value is -2.69. The van der Waals surface area contributed by atoms with Crippen molar-refractivity contribution in [2.75, 3.05) is 38.2 Å². The summed E-state index contributed by atoms with van der Waals surface area (Å²) in [5.74, 6) is 0.500. The number of halogens is 1. The number of nitrogens with one attached hydrogen (secondary N) is 1. The van der Waals surface area contributed by atoms with Crippen LogP contribution in [-0.2, 0) is 9.53 Å². The number of piperidine rings is 1. The third kappa shape index (κ3) is 4.89. The van der Waals surface area contributed by atoms with Crippen LogP contribution in [0.25, 0.3) is 5.69 Å². The Labute approximate surface area is 177 Å². The zero-order valence-corrected chi connectivity index (χ0v) is 17.9. The van der Waals surface area contributed by atoms with Crippen molar-refractivity contribution < 1.29 is 13.9 Å². The van der Waals surface area contributed by atoms with Gasteiger partial charge in [-0.3, -0.25) is 14.3 Å². The van der Waals surface area contributed by atoms with Gasteiger partial charge in [0.15, 0.2) is 0 Å². The number of carbonyl (C=O) groups is 1. The minimum atomic E-state index is -0.334. The van der Waals surface area contributed by atoms with Crippen molar-refractivity contribution in [3.8, 4) is 11.8 Å². The number of amides is 1. The zero-order chi connectivity index (χ0) is 21.7. The average Bonchev–Trinajstić information content (AvgIpc) is 2.97. The maximum atomic E-state index is 13.4. The molecule has 30 heavy (non-hydrogen) atoms. The van der Waals surface area contributed by atoms with Crippen LogP contribution in [0, 0.1) is 36.9 Å². The Balaban J connectivity index is 1.73. The average molecular weight is 413 g/mol. The lowest BCUT2D eigenvalue weighted by Gasteiger charge is -2.31. The molecular weight excluding hydrogens is 383 g/mol. The van der Waals surface area contributed by atoms with E-state index < -0.39 is 0 Å². The molecule has 1 aliphatic heterocycles. The lowest BCUT2D eigenvalue weighted by molar-refractivity contribution is -0.117. The maximum absolute atomic E-state index is 13.4. The summed E-state index contributed by atoms with van der Waals surface area (Å²) in [6.07, 6.45) is 2.03. The van der Waals surface area contributed by atoms with Crippen LogP contribution in [0.1, 0.15) is 36.6 Å². The van der Waals surface area contributed by atoms with E-state index in [-0.39, 0.29) is 18.3 Å². The number of benzene rings is 1. The highest BCUT2D eigenvalue weighted by Crippen LogP contribution is 2.30. The normalized spacial score (nSPS) is 15.2. The summed E-state index contributed by atoms with van der Waals surface area (Å²) in [7, 11) is 0. The molecule has 6 nitrogen and oxygen atoms in total. The van der Waals surface area contributed by atoms with Crippen LogP contribution in [0.2, 0.25) is 0 Å². The van der Waals surface area contributed by atoms with Crippen molar-refractivity contribution in [3.05, 3.63) is 46.9 Å². The molecule has 2 aromatic rings. The highest BCUT2D eigenvalue weighted by Gasteiger charge is 2.24. The van der Waals surface area contributed by atoms with Gasteiger partial charge in [0.05, 0.1) is 12.1 Å². The minimum absolute atomic E-state index is 0.157. The first-order chi connectivity index (χ1) is 14.4. The molecule has 1 N–H and O–H groups in total. The fourth-order valence-corrected chi connectivity index (χ4v) is 3.94. The van der Waals surface area contributed by atoms with E-state index in [9.17, 15) is 14.4 Å². The molecule has 2 heterocycles. The van der Waals surface area contributed by atoms with Gasteiger partial charge in [0, 0.05) is 24.6 Å². The Morgan fingerprint density at radius 2 is 1.93 bits per heavy atom. The summed E-state index contributed by atoms with van der Waals surface area (Å²) in [6.45, 7) is 9.24. The number of ether oxygens (including phenoxy) is 1. The van der Waals surface area contributed by atoms with Crippen LogP contribution in [0.15, 0.2) is 24.3 Å². The summed E-state index contributed by atoms with van der Waals surface area (Å²) in [5, 5.41) is 12.6. The van der Waals surface area contributed by atoms with E-state index >= 15 is 0 Å². The highest BCUT2D eigenvalue weighted by molar-refractivity contribution is 5.93. The van der Waals surface area contributed by atoms with E-state index in [0.29, 0.717) is 23.0 Å². The zero-order valence-electron chi connectivity index (χ0n) is 17.9. The molecule has 7 heteroatoms. The van der Waals surface area contributed by atoms with Crippen molar-refractivity contribution >= 4 is 11.7 Å². The number of aromatic nitrogens is 1. The van der Waals surface area contributed by atoms with Crippen LogP contribution in [0.5, 0.6) is 0 Å². The lowest BCUT2D eigenvalue weighted by Crippen LogP contribution is -2.40. The third-order valence-electron chi connectivity index (χ3n) is 5.80. The molecule has 1 amide bonds. The second-order valence-electron chi connectivity index (χ2n) is 7.78. The molecule has 1 fully saturated rings. The molecule has 0 aliphatic carbocycles. The Bertz CT molecular complexity index is 922. The number of hydrogen-bond acceptors (Lipinski definition) is 4. The Morgan fingerprint density at radius 3 is 2.53 bits per heavy atom. The first-order valence-electron chi connectivity index (χ1n) is 10.4. The van der Waals surface area contributed by atoms with Crippen molar-refractivity contribution in [3.63, 3.8) is 0 Å². The monoisotopic (exact) mass is 412 g/mol. The molecule has 0 unspecified atom stereocenters. The number of nitriles is 1. The van der Waals surface area contributed by atoms with Crippen molar-refractivity contribution in [1.29, 1.82) is 5.26 Å². The first-order valence-corrected chi connectivity index (χ1v) is 10.4. The second kappa shape index (κ2) is 9.88. The van der Waals surface area contributed by atoms with Gasteiger partial charge in [-0.25, -0.2) is 4.39 Å². The van der Waals surface area contributed by atoms with Gasteiger partial charge in [-0.05, 0) is 82.4 Å². The molecular formula is C23H29FN4O2. The SMILES string of the molecule is CCOCC1CCN(CC(=O)Nc2c(C#N)c(C)c(C)n2-c2ccc(F)cc2)CC1. The highest BCUT2D eigenvalue weighted by atomic mass is 19.1. The summed E-state index contributed by atoms with van der Waals surface area (Å²) >= 11 is 0. The van der Waals surface area contributed by atoms with E-state index in [1.807, 2.05) is 20.8 Å². The number of nitrogens with zero attached hydrogens (tertiary/aromatic N) is 3. The quantitative estimate of drug-likeness (QED) is 0.751. The maximum Gasteiger partial charge on any atom is 0.239 e. The van der Waals surface area contributed by atoms with Crippen LogP contribution >= 0.6 is 0 Å². The lowest BCUT2D eigenvalue weighted by atomic mass is 9.98. The Morgan fingerprint density at radius 1 is 1.27 bits per heavy atom. The number of likely N-dealkylation sites (tertiary alicyclic amines) is 1. The molecule has 3 rings (SSSR count). The molecule has 0 spiro atoms. The number of carbonyl (C=O) groups excluding carboxylic acids is 1. The molecule has 1 aliphatic rings. The number of hydrogen-bond donors (Lipinski definition) is 1. The third-order valence-corrected chi connectivity index (χ3v) is 5.80. The van der Waals surface area contributed by atoms with Crippen LogP contribution in [0.3, 0.4) is 0 Å². The van der Waals surface area contributed by atoms with Gasteiger partial charge < -0.3 is 10.1 Å². The summed E-state index contributed by atoms with van der Waals surface area (Å²) in [6, 6.07) is 8.22. The van der Waals surface area contributed by atoms with E-state index in [1.54, 1.807) is 16.7 Å². The fourth-order valence-electron chi connectivity index (χ4n) is 3.94. The largest absolute Gasteiger partial charge is 0.381 e. The van der Waals surface area contributed by atoms with Gasteiger partial charge in [0.25, 0.3) is 0 Å². The van der Waals surface area contributed by atoms with Gasteiger partial charge in [0.2, 0.25) is 5.91 Å². The van der Waals surface area contributed by atoms with Gasteiger partial charge in [0.1, 0.15) is 17.7 Å². The van der Waals surface area contributed by atoms with Gasteiger partial charge in [-0.2, -0.15) is 5.26 Å². The van der Waals surface area contributed by atoms with Crippen LogP contribution in [-0.4, -0.2) is 48.2 Å². The minimum Gasteiger partial charge on any atom is -0.381 e. The predicted molar refractivity (Wildman–Crippen MR) is 114 cm³/mol. The predicted octanol–water partition coefficient (Wildman–Crippen LogP) is 3.79. The van der Waals surface area contributed by atoms with Gasteiger partial charge >= 0.3 is 0 Å². The second-order valence-corrected chi connectivity index (χ2v) is 7.78. The van der Waals surface area contributed by atoms with Crippen LogP contribution < -0.4 is 5.32 Å². The number of anilines is 1. The van der Waals surface area contributed by atoms with Gasteiger partial charge in [-0.15, -0.1) is 0 Å². The van der Waals surface area contributed by atoms with E-state index in [1.165, 1.54) is 12.1 Å². The molecule has 1 aromatic carbocycles. The molecule has 1 saturated heterocycles. The van der Waals surface area contributed by atoms with Crippen molar-refractivity contribution in [2.24, 2.45) is 5.92 Å². The molecule has 1 aromatic heterocycles. The summed E-state index contributed by atoms with van der Waals surface area (Å²) < 4.78 is 20.7. The fraction of sp³-hybridized carbons (Fsp3) is 0.478. The number of rotatable bonds is 7. The molecule has 160 valence electrons. The van der Waals surface area contributed by atoms with Crippen LogP contribution in [0.4, 0.5) is 10.2 Å². The van der Waals surface area contributed by atoms with E-state index in [0.717, 1.165) is 50.4 Å². The Kier molecular flexibility index (Phi) is 7.24. The van der Waals surface area contributed by atoms with Gasteiger partial charge in [-0.1, -0.05) is 0 Å². The van der Waals surface area contributed by atoms with Crippen molar-refractivity contribution in [1.82, 2.24) is 9.47 Å². The standard InChI is InChI=1S/C23H29FN4O2/c1-4-30-15-18-9-11-27(12-10-18)14-22(29)26-23-21(13-25)16(2)17(3)28(23)20-7-5-19(24)6-8-20/h5-8,18H,4,9-12,14-15H2,1-3H3,(H,26,29). The molecule has 0 bridgehead atoms. The van der Waals surface area contributed by atoms with E-state index in [2.05, 4.69) is 16.3 Å². The van der Waals surface area contributed by atoms with E-state index in [4.69, 9.17) is 4.74 Å². The molecule has 0 radical (unpaired) electrons. The van der Waals surface area contributed by atoms with Crippen molar-refractivity contribution in [2.45, 2.75) is 33.6 Å². The summed E-state index contributed by atoms with van der Waals surface area (Å²) in [5.41, 5.74) is 2.77. The first kappa shape index (κ1) is 22.0. The topological polar surface area (TPSA) is 70.3 Å². The molecule has 0 atom stereocenters. The molecule has 0 saturated carbocycles. The summed E-state index contributed by atoms with van der Waals surface area (Å²) in [4.78, 5) is 14.9. The smallest absolute Gasteiger partial charge is 0.239 e.